The number of rotatable bonds is 4. The van der Waals surface area contributed by atoms with Crippen LogP contribution < -0.4 is 0 Å². The van der Waals surface area contributed by atoms with Gasteiger partial charge in [-0.15, -0.1) is 0 Å². The molecule has 4 heteroatoms. The largest absolute Gasteiger partial charge is 0.393 e. The Morgan fingerprint density at radius 2 is 2.28 bits per heavy atom. The Labute approximate surface area is 115 Å². The molecule has 2 nitrogen and oxygen atoms in total. The van der Waals surface area contributed by atoms with Crippen molar-refractivity contribution in [2.75, 3.05) is 6.61 Å². The maximum atomic E-state index is 12.9. The van der Waals surface area contributed by atoms with Crippen molar-refractivity contribution < 1.29 is 14.2 Å². The van der Waals surface area contributed by atoms with Crippen LogP contribution in [0.2, 0.25) is 0 Å². The zero-order valence-corrected chi connectivity index (χ0v) is 11.8. The van der Waals surface area contributed by atoms with Crippen molar-refractivity contribution in [1.29, 1.82) is 0 Å². The molecule has 1 aromatic rings. The summed E-state index contributed by atoms with van der Waals surface area (Å²) in [5, 5.41) is 10.1. The average molecular weight is 317 g/mol. The van der Waals surface area contributed by atoms with Crippen molar-refractivity contribution in [2.24, 2.45) is 0 Å². The number of aliphatic hydroxyl groups is 1. The molecule has 1 heterocycles. The highest BCUT2D eigenvalue weighted by Gasteiger charge is 2.19. The molecule has 100 valence electrons. The molecule has 0 aliphatic carbocycles. The van der Waals surface area contributed by atoms with E-state index in [-0.39, 0.29) is 11.9 Å². The topological polar surface area (TPSA) is 29.5 Å². The summed E-state index contributed by atoms with van der Waals surface area (Å²) in [7, 11) is 0. The zero-order valence-electron chi connectivity index (χ0n) is 10.2. The fourth-order valence-electron chi connectivity index (χ4n) is 2.32. The van der Waals surface area contributed by atoms with Gasteiger partial charge in [0.1, 0.15) is 5.82 Å². The molecule has 2 rings (SSSR count). The molecule has 0 saturated carbocycles. The summed E-state index contributed by atoms with van der Waals surface area (Å²) in [5.41, 5.74) is 0.930. The Morgan fingerprint density at radius 1 is 1.44 bits per heavy atom. The van der Waals surface area contributed by atoms with Crippen LogP contribution in [0.15, 0.2) is 22.7 Å². The fraction of sp³-hybridized carbons (Fsp3) is 0.571. The minimum atomic E-state index is -0.435. The molecule has 0 bridgehead atoms. The molecule has 18 heavy (non-hydrogen) atoms. The van der Waals surface area contributed by atoms with E-state index < -0.39 is 6.10 Å². The Kier molecular flexibility index (Phi) is 5.15. The standard InChI is InChI=1S/C14H18BrFO2/c15-14-8-11(16)5-4-10(14)7-12(17)9-13-3-1-2-6-18-13/h4-5,8,12-13,17H,1-3,6-7,9H2. The number of hydrogen-bond acceptors (Lipinski definition) is 2. The summed E-state index contributed by atoms with van der Waals surface area (Å²) >= 11 is 3.32. The van der Waals surface area contributed by atoms with Crippen LogP contribution >= 0.6 is 15.9 Å². The first kappa shape index (κ1) is 14.0. The van der Waals surface area contributed by atoms with Crippen LogP contribution in [0.3, 0.4) is 0 Å². The monoisotopic (exact) mass is 316 g/mol. The first-order chi connectivity index (χ1) is 8.65. The van der Waals surface area contributed by atoms with Crippen LogP contribution in [-0.2, 0) is 11.2 Å². The second-order valence-corrected chi connectivity index (χ2v) is 5.67. The summed E-state index contributed by atoms with van der Waals surface area (Å²) in [6.45, 7) is 0.803. The van der Waals surface area contributed by atoms with Gasteiger partial charge in [-0.3, -0.25) is 0 Å². The maximum Gasteiger partial charge on any atom is 0.124 e. The van der Waals surface area contributed by atoms with Gasteiger partial charge < -0.3 is 9.84 Å². The van der Waals surface area contributed by atoms with Gasteiger partial charge in [0.15, 0.2) is 0 Å². The molecular weight excluding hydrogens is 299 g/mol. The Bertz CT molecular complexity index is 391. The number of hydrogen-bond donors (Lipinski definition) is 1. The van der Waals surface area contributed by atoms with E-state index in [1.54, 1.807) is 6.07 Å². The van der Waals surface area contributed by atoms with Gasteiger partial charge in [0.05, 0.1) is 12.2 Å². The third-order valence-electron chi connectivity index (χ3n) is 3.28. The molecule has 1 aliphatic rings. The van der Waals surface area contributed by atoms with Crippen LogP contribution in [0.1, 0.15) is 31.2 Å². The predicted octanol–water partition coefficient (Wildman–Crippen LogP) is 3.45. The first-order valence-corrected chi connectivity index (χ1v) is 7.18. The number of benzene rings is 1. The van der Waals surface area contributed by atoms with Gasteiger partial charge in [0.25, 0.3) is 0 Å². The van der Waals surface area contributed by atoms with E-state index in [9.17, 15) is 9.50 Å². The Hall–Kier alpha value is -0.450. The average Bonchev–Trinajstić information content (AvgIpc) is 2.34. The minimum absolute atomic E-state index is 0.174. The number of halogens is 2. The van der Waals surface area contributed by atoms with Gasteiger partial charge in [-0.25, -0.2) is 4.39 Å². The highest BCUT2D eigenvalue weighted by atomic mass is 79.9. The van der Waals surface area contributed by atoms with Crippen LogP contribution in [0.4, 0.5) is 4.39 Å². The van der Waals surface area contributed by atoms with Gasteiger partial charge in [0, 0.05) is 11.1 Å². The minimum Gasteiger partial charge on any atom is -0.393 e. The Morgan fingerprint density at radius 3 is 2.94 bits per heavy atom. The molecule has 0 aromatic heterocycles. The molecular formula is C14H18BrFO2. The van der Waals surface area contributed by atoms with E-state index in [4.69, 9.17) is 4.74 Å². The molecule has 1 saturated heterocycles. The third-order valence-corrected chi connectivity index (χ3v) is 4.02. The molecule has 2 atom stereocenters. The van der Waals surface area contributed by atoms with E-state index in [0.717, 1.165) is 25.0 Å². The van der Waals surface area contributed by atoms with E-state index in [1.165, 1.54) is 18.6 Å². The summed E-state index contributed by atoms with van der Waals surface area (Å²) in [4.78, 5) is 0. The maximum absolute atomic E-state index is 12.9. The van der Waals surface area contributed by atoms with Crippen molar-refractivity contribution in [2.45, 2.75) is 44.3 Å². The highest BCUT2D eigenvalue weighted by molar-refractivity contribution is 9.10. The SMILES string of the molecule is OC(Cc1ccc(F)cc1Br)CC1CCCCO1. The van der Waals surface area contributed by atoms with Gasteiger partial charge in [-0.1, -0.05) is 22.0 Å². The van der Waals surface area contributed by atoms with Crippen molar-refractivity contribution in [1.82, 2.24) is 0 Å². The quantitative estimate of drug-likeness (QED) is 0.922. The molecule has 0 spiro atoms. The van der Waals surface area contributed by atoms with Crippen molar-refractivity contribution >= 4 is 15.9 Å². The highest BCUT2D eigenvalue weighted by Crippen LogP contribution is 2.22. The van der Waals surface area contributed by atoms with Gasteiger partial charge in [-0.05, 0) is 49.8 Å². The van der Waals surface area contributed by atoms with Crippen molar-refractivity contribution in [3.8, 4) is 0 Å². The van der Waals surface area contributed by atoms with Gasteiger partial charge in [0.2, 0.25) is 0 Å². The predicted molar refractivity (Wildman–Crippen MR) is 72.0 cm³/mol. The van der Waals surface area contributed by atoms with Gasteiger partial charge in [-0.2, -0.15) is 0 Å². The molecule has 1 N–H and O–H groups in total. The van der Waals surface area contributed by atoms with Crippen molar-refractivity contribution in [3.63, 3.8) is 0 Å². The second kappa shape index (κ2) is 6.64. The lowest BCUT2D eigenvalue weighted by molar-refractivity contribution is -0.0148. The smallest absolute Gasteiger partial charge is 0.124 e. The molecule has 2 unspecified atom stereocenters. The van der Waals surface area contributed by atoms with Crippen LogP contribution in [0.25, 0.3) is 0 Å². The molecule has 0 amide bonds. The lowest BCUT2D eigenvalue weighted by atomic mass is 9.99. The normalized spacial score (nSPS) is 21.8. The molecule has 1 fully saturated rings. The second-order valence-electron chi connectivity index (χ2n) is 4.82. The lowest BCUT2D eigenvalue weighted by Crippen LogP contribution is -2.25. The number of aliphatic hydroxyl groups excluding tert-OH is 1. The van der Waals surface area contributed by atoms with E-state index in [0.29, 0.717) is 17.3 Å². The van der Waals surface area contributed by atoms with E-state index in [1.807, 2.05) is 0 Å². The third kappa shape index (κ3) is 4.04. The summed E-state index contributed by atoms with van der Waals surface area (Å²) in [5.74, 6) is -0.268. The van der Waals surface area contributed by atoms with Crippen LogP contribution in [0, 0.1) is 5.82 Å². The number of ether oxygens (including phenoxy) is 1. The lowest BCUT2D eigenvalue weighted by Gasteiger charge is -2.24. The summed E-state index contributed by atoms with van der Waals surface area (Å²) in [6, 6.07) is 4.56. The van der Waals surface area contributed by atoms with Crippen LogP contribution in [-0.4, -0.2) is 23.9 Å². The molecule has 1 aromatic carbocycles. The van der Waals surface area contributed by atoms with E-state index >= 15 is 0 Å². The molecule has 1 aliphatic heterocycles. The summed E-state index contributed by atoms with van der Waals surface area (Å²) < 4.78 is 19.3. The van der Waals surface area contributed by atoms with Crippen molar-refractivity contribution in [3.05, 3.63) is 34.1 Å². The van der Waals surface area contributed by atoms with Gasteiger partial charge >= 0.3 is 0 Å². The molecule has 0 radical (unpaired) electrons. The fourth-order valence-corrected chi connectivity index (χ4v) is 2.83. The summed E-state index contributed by atoms with van der Waals surface area (Å²) in [6.07, 6.45) is 4.25. The zero-order chi connectivity index (χ0) is 13.0. The van der Waals surface area contributed by atoms with E-state index in [2.05, 4.69) is 15.9 Å². The Balaban J connectivity index is 1.87. The first-order valence-electron chi connectivity index (χ1n) is 6.39. The van der Waals surface area contributed by atoms with Crippen LogP contribution in [0.5, 0.6) is 0 Å².